The quantitative estimate of drug-likeness (QED) is 0.533. The molecule has 206 valence electrons. The first-order valence-corrected chi connectivity index (χ1v) is 13.1. The third-order valence-corrected chi connectivity index (χ3v) is 6.12. The van der Waals surface area contributed by atoms with E-state index in [1.807, 2.05) is 49.9 Å². The standard InChI is InChI=1S/C29H40FN5O3/c1-21(2)18-27(37)34-16-14-33(15-17-34)25-12-10-24(11-13-25)31-26(36)20-35(28(38)32-29(3,4)5)19-22-6-8-23(30)9-7-22/h6-13,21H,14-20H2,1-5H3,(H,31,36)(H,32,38). The smallest absolute Gasteiger partial charge is 0.318 e. The van der Waals surface area contributed by atoms with E-state index < -0.39 is 5.54 Å². The molecule has 0 saturated carbocycles. The van der Waals surface area contributed by atoms with Gasteiger partial charge in [0.25, 0.3) is 0 Å². The topological polar surface area (TPSA) is 85.0 Å². The van der Waals surface area contributed by atoms with E-state index in [0.29, 0.717) is 31.1 Å². The molecule has 2 aromatic rings. The zero-order valence-corrected chi connectivity index (χ0v) is 23.1. The van der Waals surface area contributed by atoms with Crippen LogP contribution in [0.4, 0.5) is 20.6 Å². The fraction of sp³-hybridized carbons (Fsp3) is 0.483. The second kappa shape index (κ2) is 12.8. The van der Waals surface area contributed by atoms with Crippen molar-refractivity contribution in [2.45, 2.75) is 53.1 Å². The van der Waals surface area contributed by atoms with E-state index >= 15 is 0 Å². The van der Waals surface area contributed by atoms with Crippen molar-refractivity contribution in [2.24, 2.45) is 5.92 Å². The Hall–Kier alpha value is -3.62. The number of amides is 4. The van der Waals surface area contributed by atoms with Crippen LogP contribution in [0, 0.1) is 11.7 Å². The Morgan fingerprint density at radius 1 is 0.947 bits per heavy atom. The van der Waals surface area contributed by atoms with Gasteiger partial charge < -0.3 is 25.3 Å². The third-order valence-electron chi connectivity index (χ3n) is 6.12. The molecule has 2 aromatic carbocycles. The molecule has 0 atom stereocenters. The average Bonchev–Trinajstić information content (AvgIpc) is 2.84. The molecular formula is C29H40FN5O3. The number of nitrogens with zero attached hydrogens (tertiary/aromatic N) is 3. The van der Waals surface area contributed by atoms with Crippen LogP contribution < -0.4 is 15.5 Å². The van der Waals surface area contributed by atoms with Crippen LogP contribution in [-0.2, 0) is 16.1 Å². The third kappa shape index (κ3) is 9.04. The molecule has 4 amide bonds. The molecule has 0 bridgehead atoms. The van der Waals surface area contributed by atoms with Crippen molar-refractivity contribution in [1.82, 2.24) is 15.1 Å². The van der Waals surface area contributed by atoms with Gasteiger partial charge in [-0.2, -0.15) is 0 Å². The number of benzene rings is 2. The number of anilines is 2. The number of piperazine rings is 1. The van der Waals surface area contributed by atoms with Crippen molar-refractivity contribution in [3.05, 3.63) is 59.9 Å². The van der Waals surface area contributed by atoms with Crippen LogP contribution in [0.2, 0.25) is 0 Å². The summed E-state index contributed by atoms with van der Waals surface area (Å²) in [5, 5.41) is 5.75. The number of halogens is 1. The van der Waals surface area contributed by atoms with Crippen molar-refractivity contribution in [3.8, 4) is 0 Å². The fourth-order valence-corrected chi connectivity index (χ4v) is 4.23. The highest BCUT2D eigenvalue weighted by molar-refractivity contribution is 5.94. The van der Waals surface area contributed by atoms with Crippen molar-refractivity contribution in [2.75, 3.05) is 42.9 Å². The minimum Gasteiger partial charge on any atom is -0.368 e. The lowest BCUT2D eigenvalue weighted by molar-refractivity contribution is -0.132. The highest BCUT2D eigenvalue weighted by atomic mass is 19.1. The number of carbonyl (C=O) groups is 3. The van der Waals surface area contributed by atoms with Crippen LogP contribution in [0.5, 0.6) is 0 Å². The molecule has 1 aliphatic rings. The maximum Gasteiger partial charge on any atom is 0.318 e. The summed E-state index contributed by atoms with van der Waals surface area (Å²) in [6.45, 7) is 12.6. The molecule has 1 aliphatic heterocycles. The zero-order chi connectivity index (χ0) is 27.9. The molecule has 38 heavy (non-hydrogen) atoms. The first kappa shape index (κ1) is 28.9. The molecule has 0 spiro atoms. The second-order valence-electron chi connectivity index (χ2n) is 11.2. The lowest BCUT2D eigenvalue weighted by Crippen LogP contribution is -2.50. The Morgan fingerprint density at radius 3 is 2.11 bits per heavy atom. The molecule has 0 aliphatic carbocycles. The maximum absolute atomic E-state index is 13.3. The molecule has 9 heteroatoms. The first-order valence-electron chi connectivity index (χ1n) is 13.1. The minimum atomic E-state index is -0.475. The molecule has 3 rings (SSSR count). The van der Waals surface area contributed by atoms with E-state index in [9.17, 15) is 18.8 Å². The van der Waals surface area contributed by atoms with Crippen molar-refractivity contribution in [1.29, 1.82) is 0 Å². The summed E-state index contributed by atoms with van der Waals surface area (Å²) in [5.41, 5.74) is 1.90. The number of carbonyl (C=O) groups excluding carboxylic acids is 3. The summed E-state index contributed by atoms with van der Waals surface area (Å²) in [7, 11) is 0. The Labute approximate surface area is 225 Å². The summed E-state index contributed by atoms with van der Waals surface area (Å²) in [6, 6.07) is 13.1. The zero-order valence-electron chi connectivity index (χ0n) is 23.1. The van der Waals surface area contributed by atoms with Gasteiger partial charge in [-0.05, 0) is 68.7 Å². The predicted octanol–water partition coefficient (Wildman–Crippen LogP) is 4.47. The largest absolute Gasteiger partial charge is 0.368 e. The van der Waals surface area contributed by atoms with E-state index in [2.05, 4.69) is 29.4 Å². The number of hydrogen-bond acceptors (Lipinski definition) is 4. The van der Waals surface area contributed by atoms with Crippen LogP contribution >= 0.6 is 0 Å². The van der Waals surface area contributed by atoms with Gasteiger partial charge in [0.15, 0.2) is 0 Å². The van der Waals surface area contributed by atoms with Crippen LogP contribution in [0.3, 0.4) is 0 Å². The van der Waals surface area contributed by atoms with Gasteiger partial charge in [-0.25, -0.2) is 9.18 Å². The average molecular weight is 526 g/mol. The van der Waals surface area contributed by atoms with Gasteiger partial charge in [-0.3, -0.25) is 9.59 Å². The Bertz CT molecular complexity index is 1090. The van der Waals surface area contributed by atoms with Crippen LogP contribution in [0.15, 0.2) is 48.5 Å². The number of rotatable bonds is 8. The Kier molecular flexibility index (Phi) is 9.72. The highest BCUT2D eigenvalue weighted by Crippen LogP contribution is 2.20. The molecule has 0 aromatic heterocycles. The summed E-state index contributed by atoms with van der Waals surface area (Å²) >= 11 is 0. The van der Waals surface area contributed by atoms with Crippen molar-refractivity contribution >= 4 is 29.2 Å². The number of nitrogens with one attached hydrogen (secondary N) is 2. The summed E-state index contributed by atoms with van der Waals surface area (Å²) in [4.78, 5) is 43.6. The van der Waals surface area contributed by atoms with E-state index in [0.717, 1.165) is 24.3 Å². The van der Waals surface area contributed by atoms with Gasteiger partial charge in [-0.15, -0.1) is 0 Å². The van der Waals surface area contributed by atoms with Gasteiger partial charge >= 0.3 is 6.03 Å². The summed E-state index contributed by atoms with van der Waals surface area (Å²) < 4.78 is 13.3. The number of hydrogen-bond donors (Lipinski definition) is 2. The lowest BCUT2D eigenvalue weighted by atomic mass is 10.1. The highest BCUT2D eigenvalue weighted by Gasteiger charge is 2.23. The first-order chi connectivity index (χ1) is 17.9. The molecule has 1 heterocycles. The fourth-order valence-electron chi connectivity index (χ4n) is 4.23. The molecular weight excluding hydrogens is 485 g/mol. The van der Waals surface area contributed by atoms with Gasteiger partial charge in [0.05, 0.1) is 0 Å². The Morgan fingerprint density at radius 2 is 1.55 bits per heavy atom. The normalized spacial score (nSPS) is 13.9. The SMILES string of the molecule is CC(C)CC(=O)N1CCN(c2ccc(NC(=O)CN(Cc3ccc(F)cc3)C(=O)NC(C)(C)C)cc2)CC1. The summed E-state index contributed by atoms with van der Waals surface area (Å²) in [6.07, 6.45) is 0.577. The van der Waals surface area contributed by atoms with Gasteiger partial charge in [-0.1, -0.05) is 26.0 Å². The van der Waals surface area contributed by atoms with Crippen LogP contribution in [0.25, 0.3) is 0 Å². The molecule has 1 fully saturated rings. The summed E-state index contributed by atoms with van der Waals surface area (Å²) in [5.74, 6) is -0.128. The van der Waals surface area contributed by atoms with Crippen LogP contribution in [-0.4, -0.2) is 65.9 Å². The van der Waals surface area contributed by atoms with Gasteiger partial charge in [0.2, 0.25) is 11.8 Å². The van der Waals surface area contributed by atoms with E-state index in [-0.39, 0.29) is 36.8 Å². The molecule has 8 nitrogen and oxygen atoms in total. The molecule has 0 radical (unpaired) electrons. The van der Waals surface area contributed by atoms with E-state index in [4.69, 9.17) is 0 Å². The van der Waals surface area contributed by atoms with Gasteiger partial charge in [0.1, 0.15) is 12.4 Å². The van der Waals surface area contributed by atoms with E-state index in [1.54, 1.807) is 12.1 Å². The molecule has 0 unspecified atom stereocenters. The molecule has 1 saturated heterocycles. The van der Waals surface area contributed by atoms with Crippen LogP contribution in [0.1, 0.15) is 46.6 Å². The Balaban J connectivity index is 1.57. The maximum atomic E-state index is 13.3. The molecule has 2 N–H and O–H groups in total. The van der Waals surface area contributed by atoms with Crippen molar-refractivity contribution in [3.63, 3.8) is 0 Å². The second-order valence-corrected chi connectivity index (χ2v) is 11.2. The minimum absolute atomic E-state index is 0.159. The monoisotopic (exact) mass is 525 g/mol. The van der Waals surface area contributed by atoms with Gasteiger partial charge in [0, 0.05) is 56.1 Å². The predicted molar refractivity (Wildman–Crippen MR) is 148 cm³/mol. The van der Waals surface area contributed by atoms with E-state index in [1.165, 1.54) is 17.0 Å². The lowest BCUT2D eigenvalue weighted by Gasteiger charge is -2.36. The van der Waals surface area contributed by atoms with Crippen molar-refractivity contribution < 1.29 is 18.8 Å². The number of urea groups is 1.